The maximum Gasteiger partial charge on any atom is 0.314 e. The van der Waals surface area contributed by atoms with Gasteiger partial charge in [-0.2, -0.15) is 0 Å². The summed E-state index contributed by atoms with van der Waals surface area (Å²) in [6.45, 7) is 5.71. The number of benzene rings is 2. The molecule has 29 heavy (non-hydrogen) atoms. The fraction of sp³-hybridized carbons (Fsp3) is 0.360. The number of ether oxygens (including phenoxy) is 1. The minimum atomic E-state index is -0.544. The van der Waals surface area contributed by atoms with E-state index in [-0.39, 0.29) is 11.8 Å². The molecule has 1 heterocycles. The van der Waals surface area contributed by atoms with Crippen LogP contribution in [0.15, 0.2) is 42.5 Å². The second-order valence-electron chi connectivity index (χ2n) is 8.14. The molecule has 0 bridgehead atoms. The molecule has 4 heteroatoms. The Bertz CT molecular complexity index is 1020. The zero-order chi connectivity index (χ0) is 20.4. The van der Waals surface area contributed by atoms with Crippen molar-refractivity contribution in [3.05, 3.63) is 70.3 Å². The fourth-order valence-electron chi connectivity index (χ4n) is 4.15. The van der Waals surface area contributed by atoms with Gasteiger partial charge in [-0.1, -0.05) is 36.1 Å². The Morgan fingerprint density at radius 3 is 2.66 bits per heavy atom. The molecule has 1 aliphatic carbocycles. The minimum absolute atomic E-state index is 0.193. The largest absolute Gasteiger partial charge is 0.393 e. The molecule has 0 atom stereocenters. The fourth-order valence-corrected chi connectivity index (χ4v) is 4.15. The summed E-state index contributed by atoms with van der Waals surface area (Å²) in [6, 6.07) is 14.7. The second kappa shape index (κ2) is 7.85. The van der Waals surface area contributed by atoms with Gasteiger partial charge >= 0.3 is 11.9 Å². The van der Waals surface area contributed by atoms with Crippen LogP contribution in [0, 0.1) is 18.8 Å². The average Bonchev–Trinajstić information content (AvgIpc) is 3.45. The van der Waals surface area contributed by atoms with Crippen LogP contribution in [0.25, 0.3) is 0 Å². The summed E-state index contributed by atoms with van der Waals surface area (Å²) < 4.78 is 4.65. The summed E-state index contributed by atoms with van der Waals surface area (Å²) in [4.78, 5) is 24.9. The molecule has 0 unspecified atom stereocenters. The van der Waals surface area contributed by atoms with Crippen LogP contribution in [0.2, 0.25) is 0 Å². The third kappa shape index (κ3) is 4.41. The zero-order valence-electron chi connectivity index (χ0n) is 17.0. The van der Waals surface area contributed by atoms with E-state index in [0.29, 0.717) is 6.54 Å². The number of hydrogen-bond acceptors (Lipinski definition) is 4. The Balaban J connectivity index is 1.49. The van der Waals surface area contributed by atoms with Crippen LogP contribution in [-0.2, 0) is 26.3 Å². The Hall–Kier alpha value is -2.90. The summed E-state index contributed by atoms with van der Waals surface area (Å²) in [6.07, 6.45) is 2.58. The molecule has 1 saturated carbocycles. The summed E-state index contributed by atoms with van der Waals surface area (Å²) in [5.41, 5.74) is 6.23. The van der Waals surface area contributed by atoms with Crippen molar-refractivity contribution in [2.24, 2.45) is 0 Å². The summed E-state index contributed by atoms with van der Waals surface area (Å²) in [5.74, 6) is 5.64. The van der Waals surface area contributed by atoms with Gasteiger partial charge in [0.25, 0.3) is 0 Å². The molecule has 2 aromatic rings. The van der Waals surface area contributed by atoms with Crippen LogP contribution in [0.1, 0.15) is 54.0 Å². The van der Waals surface area contributed by atoms with E-state index in [0.717, 1.165) is 24.2 Å². The maximum absolute atomic E-state index is 11.7. The lowest BCUT2D eigenvalue weighted by Gasteiger charge is -2.35. The minimum Gasteiger partial charge on any atom is -0.393 e. The van der Waals surface area contributed by atoms with Gasteiger partial charge in [0.15, 0.2) is 0 Å². The molecule has 1 spiro atoms. The SMILES string of the molecule is CC(=O)OC(=O)CCN1Cc2ccc(C#Cc3ccccc3C)cc2C2(CC2)C1. The van der Waals surface area contributed by atoms with Gasteiger partial charge in [0, 0.05) is 43.1 Å². The molecule has 2 aliphatic rings. The molecular weight excluding hydrogens is 362 g/mol. The lowest BCUT2D eigenvalue weighted by molar-refractivity contribution is -0.158. The smallest absolute Gasteiger partial charge is 0.314 e. The highest BCUT2D eigenvalue weighted by molar-refractivity contribution is 5.84. The van der Waals surface area contributed by atoms with E-state index in [2.05, 4.69) is 58.7 Å². The Kier molecular flexibility index (Phi) is 5.25. The third-order valence-corrected chi connectivity index (χ3v) is 5.83. The highest BCUT2D eigenvalue weighted by Gasteiger charge is 2.48. The van der Waals surface area contributed by atoms with Gasteiger partial charge in [-0.3, -0.25) is 14.5 Å². The van der Waals surface area contributed by atoms with Gasteiger partial charge in [-0.25, -0.2) is 0 Å². The van der Waals surface area contributed by atoms with Gasteiger partial charge in [0.05, 0.1) is 6.42 Å². The monoisotopic (exact) mass is 387 g/mol. The molecule has 0 N–H and O–H groups in total. The first-order valence-electron chi connectivity index (χ1n) is 10.1. The Morgan fingerprint density at radius 1 is 1.14 bits per heavy atom. The van der Waals surface area contributed by atoms with Crippen molar-refractivity contribution in [3.63, 3.8) is 0 Å². The van der Waals surface area contributed by atoms with E-state index in [4.69, 9.17) is 0 Å². The van der Waals surface area contributed by atoms with E-state index < -0.39 is 11.9 Å². The second-order valence-corrected chi connectivity index (χ2v) is 8.14. The van der Waals surface area contributed by atoms with Crippen LogP contribution >= 0.6 is 0 Å². The molecule has 0 radical (unpaired) electrons. The van der Waals surface area contributed by atoms with Crippen molar-refractivity contribution < 1.29 is 14.3 Å². The summed E-state index contributed by atoms with van der Waals surface area (Å²) in [5, 5.41) is 0. The number of esters is 2. The van der Waals surface area contributed by atoms with E-state index in [1.165, 1.54) is 36.5 Å². The van der Waals surface area contributed by atoms with Crippen LogP contribution < -0.4 is 0 Å². The van der Waals surface area contributed by atoms with Crippen LogP contribution in [0.4, 0.5) is 0 Å². The molecular formula is C25H25NO3. The van der Waals surface area contributed by atoms with Crippen molar-refractivity contribution in [2.75, 3.05) is 13.1 Å². The van der Waals surface area contributed by atoms with E-state index >= 15 is 0 Å². The summed E-state index contributed by atoms with van der Waals surface area (Å²) >= 11 is 0. The van der Waals surface area contributed by atoms with Crippen LogP contribution in [-0.4, -0.2) is 29.9 Å². The van der Waals surface area contributed by atoms with Crippen LogP contribution in [0.5, 0.6) is 0 Å². The van der Waals surface area contributed by atoms with Gasteiger partial charge in [-0.15, -0.1) is 0 Å². The first kappa shape index (κ1) is 19.4. The average molecular weight is 387 g/mol. The quantitative estimate of drug-likeness (QED) is 0.457. The lowest BCUT2D eigenvalue weighted by atomic mass is 9.85. The predicted octanol–water partition coefficient (Wildman–Crippen LogP) is 3.72. The first-order chi connectivity index (χ1) is 13.9. The van der Waals surface area contributed by atoms with Crippen LogP contribution in [0.3, 0.4) is 0 Å². The predicted molar refractivity (Wildman–Crippen MR) is 111 cm³/mol. The normalized spacial score (nSPS) is 16.5. The van der Waals surface area contributed by atoms with Crippen molar-refractivity contribution >= 4 is 11.9 Å². The van der Waals surface area contributed by atoms with Crippen molar-refractivity contribution in [2.45, 2.75) is 45.1 Å². The van der Waals surface area contributed by atoms with E-state index in [1.807, 2.05) is 12.1 Å². The Labute approximate surface area is 171 Å². The standard InChI is InChI=1S/C25H25NO3/c1-18-5-3-4-6-21(18)9-7-20-8-10-22-16-26(14-11-24(28)29-19(2)27)17-25(12-13-25)23(22)15-20/h3-6,8,10,15H,11-14,16-17H2,1-2H3. The number of rotatable bonds is 3. The van der Waals surface area contributed by atoms with E-state index in [9.17, 15) is 9.59 Å². The van der Waals surface area contributed by atoms with Crippen molar-refractivity contribution in [1.82, 2.24) is 4.90 Å². The van der Waals surface area contributed by atoms with Gasteiger partial charge in [0.2, 0.25) is 0 Å². The number of carbonyl (C=O) groups excluding carboxylic acids is 2. The molecule has 2 aromatic carbocycles. The molecule has 1 fully saturated rings. The molecule has 0 saturated heterocycles. The maximum atomic E-state index is 11.7. The number of nitrogens with zero attached hydrogens (tertiary/aromatic N) is 1. The molecule has 148 valence electrons. The van der Waals surface area contributed by atoms with Crippen molar-refractivity contribution in [1.29, 1.82) is 0 Å². The Morgan fingerprint density at radius 2 is 1.93 bits per heavy atom. The van der Waals surface area contributed by atoms with Gasteiger partial charge < -0.3 is 4.74 Å². The van der Waals surface area contributed by atoms with Gasteiger partial charge in [0.1, 0.15) is 0 Å². The molecule has 4 rings (SSSR count). The zero-order valence-corrected chi connectivity index (χ0v) is 17.0. The number of hydrogen-bond donors (Lipinski definition) is 0. The first-order valence-corrected chi connectivity index (χ1v) is 10.1. The van der Waals surface area contributed by atoms with E-state index in [1.54, 1.807) is 0 Å². The third-order valence-electron chi connectivity index (χ3n) is 5.83. The highest BCUT2D eigenvalue weighted by Crippen LogP contribution is 2.52. The topological polar surface area (TPSA) is 46.6 Å². The number of carbonyl (C=O) groups is 2. The number of fused-ring (bicyclic) bond motifs is 2. The molecule has 1 aliphatic heterocycles. The molecule has 0 aromatic heterocycles. The molecule has 0 amide bonds. The summed E-state index contributed by atoms with van der Waals surface area (Å²) in [7, 11) is 0. The van der Waals surface area contributed by atoms with Crippen molar-refractivity contribution in [3.8, 4) is 11.8 Å². The molecule has 4 nitrogen and oxygen atoms in total. The number of aryl methyl sites for hydroxylation is 1. The lowest BCUT2D eigenvalue weighted by Crippen LogP contribution is -2.39. The highest BCUT2D eigenvalue weighted by atomic mass is 16.6. The van der Waals surface area contributed by atoms with Gasteiger partial charge in [-0.05, 0) is 54.7 Å².